The second kappa shape index (κ2) is 3.46. The van der Waals surface area contributed by atoms with E-state index in [4.69, 9.17) is 11.0 Å². The normalized spacial score (nSPS) is 14.5. The average Bonchev–Trinajstić information content (AvgIpc) is 2.09. The SMILES string of the molecule is CC(N)(C#N)Cc1ccccc1O. The van der Waals surface area contributed by atoms with Gasteiger partial charge in [0, 0.05) is 6.42 Å². The molecule has 0 saturated heterocycles. The van der Waals surface area contributed by atoms with Gasteiger partial charge in [-0.05, 0) is 18.6 Å². The van der Waals surface area contributed by atoms with Crippen molar-refractivity contribution in [3.63, 3.8) is 0 Å². The molecule has 3 heteroatoms. The van der Waals surface area contributed by atoms with Gasteiger partial charge in [-0.25, -0.2) is 0 Å². The van der Waals surface area contributed by atoms with Crippen LogP contribution < -0.4 is 5.73 Å². The Kier molecular flexibility index (Phi) is 2.54. The molecule has 13 heavy (non-hydrogen) atoms. The summed E-state index contributed by atoms with van der Waals surface area (Å²) in [5, 5.41) is 18.1. The van der Waals surface area contributed by atoms with Crippen LogP contribution in [-0.2, 0) is 6.42 Å². The molecule has 1 aromatic rings. The fraction of sp³-hybridized carbons (Fsp3) is 0.300. The number of para-hydroxylation sites is 1. The van der Waals surface area contributed by atoms with E-state index in [0.717, 1.165) is 0 Å². The van der Waals surface area contributed by atoms with Crippen LogP contribution in [0.15, 0.2) is 24.3 Å². The number of benzene rings is 1. The van der Waals surface area contributed by atoms with Gasteiger partial charge >= 0.3 is 0 Å². The molecule has 1 aromatic carbocycles. The Morgan fingerprint density at radius 1 is 1.54 bits per heavy atom. The summed E-state index contributed by atoms with van der Waals surface area (Å²) in [6, 6.07) is 8.87. The van der Waals surface area contributed by atoms with Gasteiger partial charge in [0.1, 0.15) is 11.3 Å². The zero-order valence-corrected chi connectivity index (χ0v) is 7.49. The Morgan fingerprint density at radius 3 is 2.69 bits per heavy atom. The molecule has 0 aliphatic heterocycles. The monoisotopic (exact) mass is 176 g/mol. The van der Waals surface area contributed by atoms with Crippen molar-refractivity contribution in [2.24, 2.45) is 5.73 Å². The summed E-state index contributed by atoms with van der Waals surface area (Å²) in [6.45, 7) is 1.64. The molecule has 1 unspecified atom stereocenters. The lowest BCUT2D eigenvalue weighted by Crippen LogP contribution is -2.36. The summed E-state index contributed by atoms with van der Waals surface area (Å²) in [6.07, 6.45) is 0.357. The zero-order valence-electron chi connectivity index (χ0n) is 7.49. The molecule has 0 bridgehead atoms. The number of hydrogen-bond acceptors (Lipinski definition) is 3. The van der Waals surface area contributed by atoms with E-state index in [1.165, 1.54) is 0 Å². The summed E-state index contributed by atoms with van der Waals surface area (Å²) < 4.78 is 0. The van der Waals surface area contributed by atoms with Crippen LogP contribution in [0.2, 0.25) is 0 Å². The lowest BCUT2D eigenvalue weighted by atomic mass is 9.95. The molecule has 0 aliphatic rings. The van der Waals surface area contributed by atoms with Crippen LogP contribution in [-0.4, -0.2) is 10.6 Å². The number of phenolic OH excluding ortho intramolecular Hbond substituents is 1. The smallest absolute Gasteiger partial charge is 0.118 e. The highest BCUT2D eigenvalue weighted by Crippen LogP contribution is 2.19. The van der Waals surface area contributed by atoms with Gasteiger partial charge in [-0.1, -0.05) is 18.2 Å². The van der Waals surface area contributed by atoms with E-state index in [0.29, 0.717) is 12.0 Å². The van der Waals surface area contributed by atoms with Gasteiger partial charge in [-0.3, -0.25) is 0 Å². The van der Waals surface area contributed by atoms with E-state index in [1.807, 2.05) is 12.1 Å². The van der Waals surface area contributed by atoms with Crippen LogP contribution in [0.25, 0.3) is 0 Å². The molecule has 1 rings (SSSR count). The van der Waals surface area contributed by atoms with Crippen LogP contribution in [0, 0.1) is 11.3 Å². The molecule has 0 heterocycles. The summed E-state index contributed by atoms with van der Waals surface area (Å²) in [4.78, 5) is 0. The Bertz CT molecular complexity index is 339. The van der Waals surface area contributed by atoms with Gasteiger partial charge in [0.15, 0.2) is 0 Å². The van der Waals surface area contributed by atoms with Crippen LogP contribution in [0.1, 0.15) is 12.5 Å². The van der Waals surface area contributed by atoms with Gasteiger partial charge in [0.05, 0.1) is 6.07 Å². The van der Waals surface area contributed by atoms with Crippen LogP contribution in [0.3, 0.4) is 0 Å². The van der Waals surface area contributed by atoms with Crippen molar-refractivity contribution in [1.82, 2.24) is 0 Å². The first kappa shape index (κ1) is 9.56. The maximum absolute atomic E-state index is 9.40. The fourth-order valence-corrected chi connectivity index (χ4v) is 1.10. The molecule has 68 valence electrons. The first-order valence-electron chi connectivity index (χ1n) is 4.02. The van der Waals surface area contributed by atoms with Gasteiger partial charge in [-0.2, -0.15) is 5.26 Å². The van der Waals surface area contributed by atoms with E-state index < -0.39 is 5.54 Å². The Balaban J connectivity index is 2.88. The van der Waals surface area contributed by atoms with Crippen molar-refractivity contribution < 1.29 is 5.11 Å². The second-order valence-electron chi connectivity index (χ2n) is 3.33. The molecule has 0 saturated carbocycles. The Morgan fingerprint density at radius 2 is 2.15 bits per heavy atom. The molecule has 0 fully saturated rings. The highest BCUT2D eigenvalue weighted by atomic mass is 16.3. The Labute approximate surface area is 77.4 Å². The molecule has 0 radical (unpaired) electrons. The van der Waals surface area contributed by atoms with Crippen LogP contribution >= 0.6 is 0 Å². The quantitative estimate of drug-likeness (QED) is 0.710. The van der Waals surface area contributed by atoms with Crippen molar-refractivity contribution in [1.29, 1.82) is 5.26 Å². The molecular formula is C10H12N2O. The summed E-state index contributed by atoms with van der Waals surface area (Å²) in [5.74, 6) is 0.189. The maximum atomic E-state index is 9.40. The molecular weight excluding hydrogens is 164 g/mol. The number of nitrogens with zero attached hydrogens (tertiary/aromatic N) is 1. The predicted molar refractivity (Wildman–Crippen MR) is 50.0 cm³/mol. The van der Waals surface area contributed by atoms with Gasteiger partial charge < -0.3 is 10.8 Å². The van der Waals surface area contributed by atoms with Crippen molar-refractivity contribution in [2.45, 2.75) is 18.9 Å². The second-order valence-corrected chi connectivity index (χ2v) is 3.33. The highest BCUT2D eigenvalue weighted by molar-refractivity contribution is 5.34. The molecule has 0 aromatic heterocycles. The zero-order chi connectivity index (χ0) is 9.90. The van der Waals surface area contributed by atoms with Gasteiger partial charge in [-0.15, -0.1) is 0 Å². The lowest BCUT2D eigenvalue weighted by Gasteiger charge is -2.15. The number of aromatic hydroxyl groups is 1. The standard InChI is InChI=1S/C10H12N2O/c1-10(12,7-11)6-8-4-2-3-5-9(8)13/h2-5,13H,6,12H2,1H3. The first-order valence-corrected chi connectivity index (χ1v) is 4.02. The number of nitriles is 1. The van der Waals surface area contributed by atoms with Crippen molar-refractivity contribution >= 4 is 0 Å². The van der Waals surface area contributed by atoms with E-state index >= 15 is 0 Å². The number of hydrogen-bond donors (Lipinski definition) is 2. The third-order valence-electron chi connectivity index (χ3n) is 1.80. The average molecular weight is 176 g/mol. The summed E-state index contributed by atoms with van der Waals surface area (Å²) in [5.41, 5.74) is 5.43. The van der Waals surface area contributed by atoms with Crippen molar-refractivity contribution in [2.75, 3.05) is 0 Å². The lowest BCUT2D eigenvalue weighted by molar-refractivity contribution is 0.460. The minimum Gasteiger partial charge on any atom is -0.508 e. The van der Waals surface area contributed by atoms with E-state index in [-0.39, 0.29) is 5.75 Å². The fourth-order valence-electron chi connectivity index (χ4n) is 1.10. The van der Waals surface area contributed by atoms with Crippen LogP contribution in [0.5, 0.6) is 5.75 Å². The molecule has 0 amide bonds. The predicted octanol–water partition coefficient (Wildman–Crippen LogP) is 1.18. The number of nitrogens with two attached hydrogens (primary N) is 1. The minimum absolute atomic E-state index is 0.189. The van der Waals surface area contributed by atoms with E-state index in [9.17, 15) is 5.11 Å². The largest absolute Gasteiger partial charge is 0.508 e. The minimum atomic E-state index is -0.918. The number of phenols is 1. The Hall–Kier alpha value is -1.53. The highest BCUT2D eigenvalue weighted by Gasteiger charge is 2.19. The van der Waals surface area contributed by atoms with E-state index in [2.05, 4.69) is 0 Å². The third-order valence-corrected chi connectivity index (χ3v) is 1.80. The molecule has 0 aliphatic carbocycles. The van der Waals surface area contributed by atoms with Gasteiger partial charge in [0.25, 0.3) is 0 Å². The molecule has 3 nitrogen and oxygen atoms in total. The molecule has 3 N–H and O–H groups in total. The third kappa shape index (κ3) is 2.46. The summed E-state index contributed by atoms with van der Waals surface area (Å²) >= 11 is 0. The van der Waals surface area contributed by atoms with Crippen molar-refractivity contribution in [3.05, 3.63) is 29.8 Å². The number of rotatable bonds is 2. The topological polar surface area (TPSA) is 70.0 Å². The van der Waals surface area contributed by atoms with E-state index in [1.54, 1.807) is 25.1 Å². The van der Waals surface area contributed by atoms with Crippen molar-refractivity contribution in [3.8, 4) is 11.8 Å². The van der Waals surface area contributed by atoms with Crippen LogP contribution in [0.4, 0.5) is 0 Å². The molecule has 1 atom stereocenters. The van der Waals surface area contributed by atoms with Gasteiger partial charge in [0.2, 0.25) is 0 Å². The first-order chi connectivity index (χ1) is 6.05. The molecule has 0 spiro atoms. The maximum Gasteiger partial charge on any atom is 0.118 e. The summed E-state index contributed by atoms with van der Waals surface area (Å²) in [7, 11) is 0.